The van der Waals surface area contributed by atoms with Crippen molar-refractivity contribution in [2.24, 2.45) is 0 Å². The van der Waals surface area contributed by atoms with Gasteiger partial charge in [-0.05, 0) is 38.5 Å². The van der Waals surface area contributed by atoms with E-state index in [9.17, 15) is 18.0 Å². The molecule has 0 saturated heterocycles. The minimum atomic E-state index is -4.65. The number of anilines is 1. The summed E-state index contributed by atoms with van der Waals surface area (Å²) >= 11 is 0. The number of allylic oxidation sites excluding steroid dienone is 1. The predicted octanol–water partition coefficient (Wildman–Crippen LogP) is 3.17. The van der Waals surface area contributed by atoms with Gasteiger partial charge in [-0.3, -0.25) is 4.79 Å². The monoisotopic (exact) mass is 309 g/mol. The Hall–Kier alpha value is -2.49. The fourth-order valence-corrected chi connectivity index (χ4v) is 2.27. The summed E-state index contributed by atoms with van der Waals surface area (Å²) in [6.45, 7) is 3.48. The van der Waals surface area contributed by atoms with Gasteiger partial charge in [-0.15, -0.1) is 0 Å². The Morgan fingerprint density at radius 3 is 2.64 bits per heavy atom. The van der Waals surface area contributed by atoms with Gasteiger partial charge in [0.1, 0.15) is 5.54 Å². The zero-order valence-electron chi connectivity index (χ0n) is 12.0. The second-order valence-electron chi connectivity index (χ2n) is 5.37. The minimum absolute atomic E-state index is 0.00361. The average Bonchev–Trinajstić information content (AvgIpc) is 2.79. The molecule has 1 aromatic rings. The molecule has 22 heavy (non-hydrogen) atoms. The van der Waals surface area contributed by atoms with E-state index < -0.39 is 28.7 Å². The molecule has 2 N–H and O–H groups in total. The highest BCUT2D eigenvalue weighted by Gasteiger charge is 2.37. The van der Waals surface area contributed by atoms with Gasteiger partial charge < -0.3 is 10.6 Å². The summed E-state index contributed by atoms with van der Waals surface area (Å²) in [5, 5.41) is 14.2. The fraction of sp³-hybridized carbons (Fsp3) is 0.333. The maximum atomic E-state index is 12.9. The molecule has 0 aromatic heterocycles. The van der Waals surface area contributed by atoms with E-state index in [-0.39, 0.29) is 5.69 Å². The van der Waals surface area contributed by atoms with Crippen molar-refractivity contribution in [3.05, 3.63) is 41.1 Å². The van der Waals surface area contributed by atoms with E-state index in [1.165, 1.54) is 12.1 Å². The van der Waals surface area contributed by atoms with Crippen molar-refractivity contribution in [2.45, 2.75) is 32.0 Å². The van der Waals surface area contributed by atoms with Crippen LogP contribution in [0.2, 0.25) is 0 Å². The largest absolute Gasteiger partial charge is 0.417 e. The second kappa shape index (κ2) is 5.37. The summed E-state index contributed by atoms with van der Waals surface area (Å²) in [5.74, 6) is -0.432. The summed E-state index contributed by atoms with van der Waals surface area (Å²) in [4.78, 5) is 12.2. The Labute approximate surface area is 125 Å². The lowest BCUT2D eigenvalue weighted by Gasteiger charge is -2.25. The van der Waals surface area contributed by atoms with Gasteiger partial charge in [0.25, 0.3) is 0 Å². The number of benzene rings is 1. The first-order valence-electron chi connectivity index (χ1n) is 6.53. The van der Waals surface area contributed by atoms with Crippen LogP contribution in [-0.2, 0) is 11.0 Å². The lowest BCUT2D eigenvalue weighted by molar-refractivity contribution is -0.137. The van der Waals surface area contributed by atoms with Gasteiger partial charge in [0.05, 0.1) is 17.2 Å². The molecule has 0 bridgehead atoms. The molecule has 1 unspecified atom stereocenters. The Kier molecular flexibility index (Phi) is 3.88. The van der Waals surface area contributed by atoms with Gasteiger partial charge >= 0.3 is 6.18 Å². The number of alkyl halides is 3. The van der Waals surface area contributed by atoms with Crippen LogP contribution in [0.1, 0.15) is 31.4 Å². The van der Waals surface area contributed by atoms with Crippen molar-refractivity contribution in [2.75, 3.05) is 5.32 Å². The number of halogens is 3. The molecule has 1 heterocycles. The molecule has 4 nitrogen and oxygen atoms in total. The van der Waals surface area contributed by atoms with Gasteiger partial charge in [-0.1, -0.05) is 6.08 Å². The van der Waals surface area contributed by atoms with Crippen LogP contribution in [0.5, 0.6) is 0 Å². The van der Waals surface area contributed by atoms with Gasteiger partial charge in [0.2, 0.25) is 5.91 Å². The van der Waals surface area contributed by atoms with Gasteiger partial charge in [-0.2, -0.15) is 18.4 Å². The number of nitrogens with one attached hydrogen (secondary N) is 2. The first-order valence-corrected chi connectivity index (χ1v) is 6.53. The molecule has 0 saturated carbocycles. The molecular formula is C15H14F3N3O. The lowest BCUT2D eigenvalue weighted by atomic mass is 9.99. The van der Waals surface area contributed by atoms with E-state index in [2.05, 4.69) is 10.6 Å². The number of nitrogens with zero attached hydrogens (tertiary/aromatic N) is 1. The zero-order chi connectivity index (χ0) is 16.5. The highest BCUT2D eigenvalue weighted by molar-refractivity contribution is 5.98. The van der Waals surface area contributed by atoms with Crippen molar-refractivity contribution >= 4 is 11.6 Å². The second-order valence-corrected chi connectivity index (χ2v) is 5.37. The van der Waals surface area contributed by atoms with Crippen LogP contribution in [0.3, 0.4) is 0 Å². The van der Waals surface area contributed by atoms with Crippen LogP contribution in [0, 0.1) is 11.3 Å². The number of hydrogen-bond donors (Lipinski definition) is 2. The fourth-order valence-electron chi connectivity index (χ4n) is 2.27. The number of amides is 1. The minimum Gasteiger partial charge on any atom is -0.375 e. The lowest BCUT2D eigenvalue weighted by Crippen LogP contribution is -2.48. The molecule has 1 atom stereocenters. The summed E-state index contributed by atoms with van der Waals surface area (Å²) in [6.07, 6.45) is -2.36. The SMILES string of the molecule is CC1=CCC(C)(C(=O)Nc2ccc(C#N)c(C(F)(F)F)c2)N1. The van der Waals surface area contributed by atoms with Crippen LogP contribution in [0.4, 0.5) is 18.9 Å². The predicted molar refractivity (Wildman–Crippen MR) is 74.7 cm³/mol. The Morgan fingerprint density at radius 2 is 2.14 bits per heavy atom. The quantitative estimate of drug-likeness (QED) is 0.882. The standard InChI is InChI=1S/C15H14F3N3O/c1-9-5-6-14(2,21-9)13(22)20-11-4-3-10(8-19)12(7-11)15(16,17)18/h3-5,7,21H,6H2,1-2H3,(H,20,22). The van der Waals surface area contributed by atoms with E-state index in [4.69, 9.17) is 5.26 Å². The number of rotatable bonds is 2. The third kappa shape index (κ3) is 3.06. The molecule has 1 aromatic carbocycles. The first kappa shape index (κ1) is 15.9. The Bertz CT molecular complexity index is 688. The molecule has 7 heteroatoms. The van der Waals surface area contributed by atoms with Crippen LogP contribution in [-0.4, -0.2) is 11.4 Å². The third-order valence-electron chi connectivity index (χ3n) is 3.49. The van der Waals surface area contributed by atoms with Crippen molar-refractivity contribution < 1.29 is 18.0 Å². The Morgan fingerprint density at radius 1 is 1.45 bits per heavy atom. The van der Waals surface area contributed by atoms with E-state index in [0.717, 1.165) is 17.8 Å². The summed E-state index contributed by atoms with van der Waals surface area (Å²) in [6, 6.07) is 4.60. The van der Waals surface area contributed by atoms with Crippen molar-refractivity contribution in [1.82, 2.24) is 5.32 Å². The molecule has 0 radical (unpaired) electrons. The molecule has 1 aliphatic rings. The smallest absolute Gasteiger partial charge is 0.375 e. The van der Waals surface area contributed by atoms with Crippen LogP contribution >= 0.6 is 0 Å². The average molecular weight is 309 g/mol. The molecule has 0 aliphatic carbocycles. The number of carbonyl (C=O) groups is 1. The molecule has 0 fully saturated rings. The van der Waals surface area contributed by atoms with E-state index >= 15 is 0 Å². The van der Waals surface area contributed by atoms with E-state index in [1.807, 2.05) is 13.0 Å². The molecular weight excluding hydrogens is 295 g/mol. The van der Waals surface area contributed by atoms with Crippen LogP contribution < -0.4 is 10.6 Å². The summed E-state index contributed by atoms with van der Waals surface area (Å²) in [7, 11) is 0. The zero-order valence-corrected chi connectivity index (χ0v) is 12.0. The highest BCUT2D eigenvalue weighted by Crippen LogP contribution is 2.34. The maximum absolute atomic E-state index is 12.9. The number of nitriles is 1. The Balaban J connectivity index is 2.25. The molecule has 2 rings (SSSR count). The third-order valence-corrected chi connectivity index (χ3v) is 3.49. The first-order chi connectivity index (χ1) is 10.2. The number of hydrogen-bond acceptors (Lipinski definition) is 3. The topological polar surface area (TPSA) is 64.9 Å². The maximum Gasteiger partial charge on any atom is 0.417 e. The van der Waals surface area contributed by atoms with Crippen LogP contribution in [0.25, 0.3) is 0 Å². The molecule has 1 amide bonds. The molecule has 1 aliphatic heterocycles. The summed E-state index contributed by atoms with van der Waals surface area (Å²) < 4.78 is 38.7. The van der Waals surface area contributed by atoms with Crippen molar-refractivity contribution in [1.29, 1.82) is 5.26 Å². The number of carbonyl (C=O) groups excluding carboxylic acids is 1. The van der Waals surface area contributed by atoms with E-state index in [0.29, 0.717) is 6.42 Å². The van der Waals surface area contributed by atoms with E-state index in [1.54, 1.807) is 6.92 Å². The van der Waals surface area contributed by atoms with Gasteiger partial charge in [-0.25, -0.2) is 0 Å². The normalized spacial score (nSPS) is 20.8. The highest BCUT2D eigenvalue weighted by atomic mass is 19.4. The molecule has 0 spiro atoms. The van der Waals surface area contributed by atoms with Crippen LogP contribution in [0.15, 0.2) is 30.0 Å². The van der Waals surface area contributed by atoms with Gasteiger partial charge in [0.15, 0.2) is 0 Å². The van der Waals surface area contributed by atoms with Crippen molar-refractivity contribution in [3.63, 3.8) is 0 Å². The van der Waals surface area contributed by atoms with Crippen molar-refractivity contribution in [3.8, 4) is 6.07 Å². The van der Waals surface area contributed by atoms with Gasteiger partial charge in [0, 0.05) is 11.4 Å². The molecule has 116 valence electrons. The summed E-state index contributed by atoms with van der Waals surface area (Å²) in [5.41, 5.74) is -1.59.